The van der Waals surface area contributed by atoms with Gasteiger partial charge in [0, 0.05) is 0 Å². The first kappa shape index (κ1) is 18.0. The molecule has 6 nitrogen and oxygen atoms in total. The maximum absolute atomic E-state index is 11.4. The van der Waals surface area contributed by atoms with Crippen LogP contribution >= 0.6 is 0 Å². The molecule has 2 aromatic carbocycles. The van der Waals surface area contributed by atoms with Crippen LogP contribution in [0.5, 0.6) is 17.2 Å². The number of benzene rings is 2. The highest BCUT2D eigenvalue weighted by Gasteiger charge is 2.22. The third-order valence-electron chi connectivity index (χ3n) is 4.54. The highest BCUT2D eigenvalue weighted by atomic mass is 16.6. The first-order valence-corrected chi connectivity index (χ1v) is 8.86. The lowest BCUT2D eigenvalue weighted by atomic mass is 9.98. The summed E-state index contributed by atoms with van der Waals surface area (Å²) in [6.07, 6.45) is 5.40. The summed E-state index contributed by atoms with van der Waals surface area (Å²) in [4.78, 5) is 11.0. The summed E-state index contributed by atoms with van der Waals surface area (Å²) >= 11 is 0. The topological polar surface area (TPSA) is 70.8 Å². The van der Waals surface area contributed by atoms with Gasteiger partial charge in [-0.1, -0.05) is 18.6 Å². The number of ether oxygens (including phenoxy) is 3. The fraction of sp³-hybridized carbons (Fsp3) is 0.400. The molecule has 1 saturated carbocycles. The Morgan fingerprint density at radius 3 is 2.38 bits per heavy atom. The van der Waals surface area contributed by atoms with Crippen molar-refractivity contribution in [3.8, 4) is 17.2 Å². The third kappa shape index (κ3) is 4.65. The molecule has 6 heteroatoms. The van der Waals surface area contributed by atoms with E-state index >= 15 is 0 Å². The van der Waals surface area contributed by atoms with Crippen molar-refractivity contribution >= 4 is 5.69 Å². The molecule has 0 heterocycles. The molecule has 0 amide bonds. The van der Waals surface area contributed by atoms with Crippen molar-refractivity contribution in [2.24, 2.45) is 0 Å². The van der Waals surface area contributed by atoms with Gasteiger partial charge in [-0.3, -0.25) is 10.1 Å². The van der Waals surface area contributed by atoms with Gasteiger partial charge >= 0.3 is 5.69 Å². The van der Waals surface area contributed by atoms with Gasteiger partial charge in [0.15, 0.2) is 5.75 Å². The van der Waals surface area contributed by atoms with Gasteiger partial charge in [-0.15, -0.1) is 0 Å². The monoisotopic (exact) mass is 357 g/mol. The SMILES string of the molecule is COc1ccc(COc2ccc(OC3CCCCC3)c([N+](=O)[O-])c2)cc1. The molecule has 3 rings (SSSR count). The number of rotatable bonds is 7. The van der Waals surface area contributed by atoms with E-state index < -0.39 is 4.92 Å². The molecular weight excluding hydrogens is 334 g/mol. The fourth-order valence-corrected chi connectivity index (χ4v) is 3.08. The van der Waals surface area contributed by atoms with Crippen LogP contribution in [0.3, 0.4) is 0 Å². The summed E-state index contributed by atoms with van der Waals surface area (Å²) in [6.45, 7) is 0.323. The van der Waals surface area contributed by atoms with Gasteiger partial charge in [0.05, 0.1) is 24.2 Å². The lowest BCUT2D eigenvalue weighted by Crippen LogP contribution is -2.20. The lowest BCUT2D eigenvalue weighted by molar-refractivity contribution is -0.386. The Bertz CT molecular complexity index is 738. The number of methoxy groups -OCH3 is 1. The van der Waals surface area contributed by atoms with Gasteiger partial charge in [-0.05, 0) is 55.5 Å². The van der Waals surface area contributed by atoms with Crippen LogP contribution in [0.1, 0.15) is 37.7 Å². The Morgan fingerprint density at radius 1 is 1.04 bits per heavy atom. The van der Waals surface area contributed by atoms with E-state index in [0.29, 0.717) is 18.1 Å². The van der Waals surface area contributed by atoms with Crippen LogP contribution in [0, 0.1) is 10.1 Å². The van der Waals surface area contributed by atoms with Crippen molar-refractivity contribution in [2.75, 3.05) is 7.11 Å². The van der Waals surface area contributed by atoms with E-state index in [1.807, 2.05) is 24.3 Å². The van der Waals surface area contributed by atoms with Gasteiger partial charge in [0.25, 0.3) is 0 Å². The van der Waals surface area contributed by atoms with Crippen LogP contribution in [0.4, 0.5) is 5.69 Å². The summed E-state index contributed by atoms with van der Waals surface area (Å²) in [5.74, 6) is 1.54. The highest BCUT2D eigenvalue weighted by Crippen LogP contribution is 2.34. The van der Waals surface area contributed by atoms with Gasteiger partial charge in [-0.2, -0.15) is 0 Å². The second-order valence-corrected chi connectivity index (χ2v) is 6.40. The van der Waals surface area contributed by atoms with Crippen LogP contribution in [0.2, 0.25) is 0 Å². The van der Waals surface area contributed by atoms with E-state index in [2.05, 4.69) is 0 Å². The smallest absolute Gasteiger partial charge is 0.314 e. The Balaban J connectivity index is 1.67. The average Bonchev–Trinajstić information content (AvgIpc) is 2.68. The van der Waals surface area contributed by atoms with Crippen molar-refractivity contribution in [1.82, 2.24) is 0 Å². The summed E-state index contributed by atoms with van der Waals surface area (Å²) in [5.41, 5.74) is 0.902. The number of hydrogen-bond acceptors (Lipinski definition) is 5. The first-order valence-electron chi connectivity index (χ1n) is 8.86. The van der Waals surface area contributed by atoms with Crippen molar-refractivity contribution in [3.63, 3.8) is 0 Å². The van der Waals surface area contributed by atoms with Crippen LogP contribution < -0.4 is 14.2 Å². The molecule has 0 bridgehead atoms. The quantitative estimate of drug-likeness (QED) is 0.521. The van der Waals surface area contributed by atoms with Crippen molar-refractivity contribution in [1.29, 1.82) is 0 Å². The maximum atomic E-state index is 11.4. The largest absolute Gasteiger partial charge is 0.497 e. The van der Waals surface area contributed by atoms with Crippen molar-refractivity contribution in [3.05, 3.63) is 58.1 Å². The number of nitro groups is 1. The summed E-state index contributed by atoms with van der Waals surface area (Å²) < 4.78 is 16.7. The van der Waals surface area contributed by atoms with E-state index in [-0.39, 0.29) is 11.8 Å². The van der Waals surface area contributed by atoms with Crippen LogP contribution in [-0.2, 0) is 6.61 Å². The minimum Gasteiger partial charge on any atom is -0.497 e. The fourth-order valence-electron chi connectivity index (χ4n) is 3.08. The average molecular weight is 357 g/mol. The second kappa shape index (κ2) is 8.56. The molecular formula is C20H23NO5. The summed E-state index contributed by atoms with van der Waals surface area (Å²) in [5, 5.41) is 11.4. The van der Waals surface area contributed by atoms with Crippen LogP contribution in [0.25, 0.3) is 0 Å². The highest BCUT2D eigenvalue weighted by molar-refractivity contribution is 5.51. The zero-order chi connectivity index (χ0) is 18.4. The first-order chi connectivity index (χ1) is 12.7. The lowest BCUT2D eigenvalue weighted by Gasteiger charge is -2.22. The Kier molecular flexibility index (Phi) is 5.94. The molecule has 0 aromatic heterocycles. The molecule has 0 aliphatic heterocycles. The predicted molar refractivity (Wildman–Crippen MR) is 97.9 cm³/mol. The van der Waals surface area contributed by atoms with Crippen LogP contribution in [0.15, 0.2) is 42.5 Å². The van der Waals surface area contributed by atoms with E-state index in [0.717, 1.165) is 37.0 Å². The molecule has 1 fully saturated rings. The normalized spacial score (nSPS) is 14.7. The molecule has 0 N–H and O–H groups in total. The number of hydrogen-bond donors (Lipinski definition) is 0. The van der Waals surface area contributed by atoms with Crippen LogP contribution in [-0.4, -0.2) is 18.1 Å². The molecule has 0 saturated heterocycles. The molecule has 0 radical (unpaired) electrons. The third-order valence-corrected chi connectivity index (χ3v) is 4.54. The van der Waals surface area contributed by atoms with Gasteiger partial charge in [0.2, 0.25) is 0 Å². The molecule has 0 spiro atoms. The van der Waals surface area contributed by atoms with E-state index in [9.17, 15) is 10.1 Å². The Hall–Kier alpha value is -2.76. The number of nitro benzene ring substituents is 1. The van der Waals surface area contributed by atoms with Gasteiger partial charge < -0.3 is 14.2 Å². The second-order valence-electron chi connectivity index (χ2n) is 6.40. The zero-order valence-corrected chi connectivity index (χ0v) is 14.8. The van der Waals surface area contributed by atoms with Crippen molar-refractivity contribution < 1.29 is 19.1 Å². The Morgan fingerprint density at radius 2 is 1.73 bits per heavy atom. The zero-order valence-electron chi connectivity index (χ0n) is 14.8. The minimum atomic E-state index is -0.418. The maximum Gasteiger partial charge on any atom is 0.314 e. The molecule has 26 heavy (non-hydrogen) atoms. The Labute approximate surface area is 152 Å². The molecule has 0 atom stereocenters. The van der Waals surface area contributed by atoms with Gasteiger partial charge in [-0.25, -0.2) is 0 Å². The standard InChI is InChI=1S/C20H23NO5/c1-24-16-9-7-15(8-10-16)14-25-18-11-12-20(19(13-18)21(22)23)26-17-5-3-2-4-6-17/h7-13,17H,2-6,14H2,1H3. The summed E-state index contributed by atoms with van der Waals surface area (Å²) in [7, 11) is 1.61. The molecule has 1 aliphatic rings. The molecule has 138 valence electrons. The van der Waals surface area contributed by atoms with E-state index in [1.54, 1.807) is 19.2 Å². The summed E-state index contributed by atoms with van der Waals surface area (Å²) in [6, 6.07) is 12.3. The molecule has 1 aliphatic carbocycles. The van der Waals surface area contributed by atoms with E-state index in [4.69, 9.17) is 14.2 Å². The molecule has 2 aromatic rings. The number of nitrogens with zero attached hydrogens (tertiary/aromatic N) is 1. The van der Waals surface area contributed by atoms with Gasteiger partial charge in [0.1, 0.15) is 18.1 Å². The predicted octanol–water partition coefficient (Wildman–Crippen LogP) is 4.89. The van der Waals surface area contributed by atoms with Crippen molar-refractivity contribution in [2.45, 2.75) is 44.8 Å². The minimum absolute atomic E-state index is 0.0530. The molecule has 0 unspecified atom stereocenters. The van der Waals surface area contributed by atoms with E-state index in [1.165, 1.54) is 12.5 Å².